The minimum Gasteiger partial charge on any atom is -0.342 e. The molecule has 3 heteroatoms. The molecule has 0 aliphatic rings. The van der Waals surface area contributed by atoms with Gasteiger partial charge in [-0.25, -0.2) is 0 Å². The number of benzene rings is 2. The van der Waals surface area contributed by atoms with Gasteiger partial charge in [-0.05, 0) is 48.6 Å². The summed E-state index contributed by atoms with van der Waals surface area (Å²) in [5.74, 6) is 0.296. The molecule has 0 aliphatic carbocycles. The Morgan fingerprint density at radius 3 is 2.17 bits per heavy atom. The fourth-order valence-electron chi connectivity index (χ4n) is 2.48. The van der Waals surface area contributed by atoms with Crippen LogP contribution < -0.4 is 10.6 Å². The molecule has 0 aliphatic heterocycles. The largest absolute Gasteiger partial charge is 0.342 e. The van der Waals surface area contributed by atoms with E-state index in [9.17, 15) is 4.79 Å². The highest BCUT2D eigenvalue weighted by molar-refractivity contribution is 5.95. The number of hydrogen-bond acceptors (Lipinski definition) is 2. The molecular formula is C21H26N2O. The fraction of sp³-hybridized carbons (Fsp3) is 0.286. The van der Waals surface area contributed by atoms with Crippen molar-refractivity contribution in [2.24, 2.45) is 0 Å². The first kappa shape index (κ1) is 17.8. The Balaban J connectivity index is 2.02. The quantitative estimate of drug-likeness (QED) is 0.839. The number of rotatable bonds is 4. The fourth-order valence-corrected chi connectivity index (χ4v) is 2.48. The monoisotopic (exact) mass is 322 g/mol. The Labute approximate surface area is 144 Å². The van der Waals surface area contributed by atoms with Crippen LogP contribution >= 0.6 is 0 Å². The molecule has 126 valence electrons. The van der Waals surface area contributed by atoms with E-state index < -0.39 is 0 Å². The van der Waals surface area contributed by atoms with Crippen molar-refractivity contribution in [2.45, 2.75) is 40.0 Å². The van der Waals surface area contributed by atoms with Gasteiger partial charge in [0, 0.05) is 11.3 Å². The Bertz CT molecular complexity index is 752. The number of carbonyl (C=O) groups is 1. The standard InChI is InChI=1S/C21H26N2O/c1-14-7-12-19(15(2)13-14)22-16(3)23-20(24)17-8-10-18(11-9-17)21(4,5)6/h7-13,22H,3H2,1-2,4-6H3,(H,23,24). The molecule has 2 N–H and O–H groups in total. The van der Waals surface area contributed by atoms with Gasteiger partial charge in [0.25, 0.3) is 5.91 Å². The molecule has 0 saturated carbocycles. The number of aryl methyl sites for hydroxylation is 2. The van der Waals surface area contributed by atoms with Gasteiger partial charge in [-0.1, -0.05) is 57.2 Å². The molecule has 0 unspecified atom stereocenters. The summed E-state index contributed by atoms with van der Waals surface area (Å²) < 4.78 is 0. The molecule has 0 aromatic heterocycles. The van der Waals surface area contributed by atoms with Gasteiger partial charge in [-0.15, -0.1) is 0 Å². The lowest BCUT2D eigenvalue weighted by Gasteiger charge is -2.19. The minimum absolute atomic E-state index is 0.0725. The predicted octanol–water partition coefficient (Wildman–Crippen LogP) is 4.91. The van der Waals surface area contributed by atoms with Gasteiger partial charge >= 0.3 is 0 Å². The van der Waals surface area contributed by atoms with Gasteiger partial charge in [0.15, 0.2) is 0 Å². The van der Waals surface area contributed by atoms with Crippen LogP contribution in [-0.4, -0.2) is 5.91 Å². The molecule has 24 heavy (non-hydrogen) atoms. The van der Waals surface area contributed by atoms with Crippen LogP contribution in [0.1, 0.15) is 47.8 Å². The summed E-state index contributed by atoms with van der Waals surface area (Å²) in [4.78, 5) is 12.3. The highest BCUT2D eigenvalue weighted by atomic mass is 16.1. The van der Waals surface area contributed by atoms with E-state index in [1.165, 1.54) is 11.1 Å². The van der Waals surface area contributed by atoms with Gasteiger partial charge < -0.3 is 10.6 Å². The summed E-state index contributed by atoms with van der Waals surface area (Å²) in [5.41, 5.74) is 5.14. The lowest BCUT2D eigenvalue weighted by Crippen LogP contribution is -2.26. The first-order valence-corrected chi connectivity index (χ1v) is 8.12. The lowest BCUT2D eigenvalue weighted by atomic mass is 9.87. The summed E-state index contributed by atoms with van der Waals surface area (Å²) in [6, 6.07) is 13.8. The molecule has 0 radical (unpaired) electrons. The van der Waals surface area contributed by atoms with E-state index in [0.29, 0.717) is 11.4 Å². The average Bonchev–Trinajstić information content (AvgIpc) is 2.49. The summed E-state index contributed by atoms with van der Waals surface area (Å²) in [6.45, 7) is 14.4. The van der Waals surface area contributed by atoms with Crippen LogP contribution in [0.15, 0.2) is 54.9 Å². The van der Waals surface area contributed by atoms with E-state index in [2.05, 4.69) is 51.0 Å². The molecule has 3 nitrogen and oxygen atoms in total. The zero-order chi connectivity index (χ0) is 17.9. The molecular weight excluding hydrogens is 296 g/mol. The molecule has 0 atom stereocenters. The second-order valence-corrected chi connectivity index (χ2v) is 7.20. The van der Waals surface area contributed by atoms with Crippen molar-refractivity contribution >= 4 is 11.6 Å². The topological polar surface area (TPSA) is 41.1 Å². The van der Waals surface area contributed by atoms with Crippen LogP contribution in [0.3, 0.4) is 0 Å². The third-order valence-electron chi connectivity index (χ3n) is 3.94. The number of carbonyl (C=O) groups excluding carboxylic acids is 1. The maximum absolute atomic E-state index is 12.3. The van der Waals surface area contributed by atoms with Crippen LogP contribution in [0.4, 0.5) is 5.69 Å². The zero-order valence-corrected chi connectivity index (χ0v) is 15.2. The Morgan fingerprint density at radius 1 is 1.00 bits per heavy atom. The molecule has 0 fully saturated rings. The molecule has 0 spiro atoms. The van der Waals surface area contributed by atoms with Crippen LogP contribution in [0.2, 0.25) is 0 Å². The van der Waals surface area contributed by atoms with Crippen molar-refractivity contribution in [2.75, 3.05) is 5.32 Å². The molecule has 0 bridgehead atoms. The molecule has 0 heterocycles. The van der Waals surface area contributed by atoms with E-state index in [1.807, 2.05) is 43.3 Å². The van der Waals surface area contributed by atoms with Crippen molar-refractivity contribution < 1.29 is 4.79 Å². The normalized spacial score (nSPS) is 11.0. The second kappa shape index (κ2) is 6.91. The van der Waals surface area contributed by atoms with Gasteiger partial charge in [0.2, 0.25) is 0 Å². The first-order chi connectivity index (χ1) is 11.2. The Morgan fingerprint density at radius 2 is 1.62 bits per heavy atom. The number of hydrogen-bond donors (Lipinski definition) is 2. The highest BCUT2D eigenvalue weighted by Gasteiger charge is 2.14. The molecule has 1 amide bonds. The highest BCUT2D eigenvalue weighted by Crippen LogP contribution is 2.22. The van der Waals surface area contributed by atoms with Crippen LogP contribution in [0, 0.1) is 13.8 Å². The van der Waals surface area contributed by atoms with E-state index in [0.717, 1.165) is 11.3 Å². The van der Waals surface area contributed by atoms with Gasteiger partial charge in [-0.3, -0.25) is 4.79 Å². The third kappa shape index (κ3) is 4.48. The number of anilines is 1. The van der Waals surface area contributed by atoms with Crippen molar-refractivity contribution in [3.63, 3.8) is 0 Å². The predicted molar refractivity (Wildman–Crippen MR) is 101 cm³/mol. The average molecular weight is 322 g/mol. The van der Waals surface area contributed by atoms with E-state index >= 15 is 0 Å². The van der Waals surface area contributed by atoms with Gasteiger partial charge in [0.05, 0.1) is 0 Å². The Kier molecular flexibility index (Phi) is 5.13. The maximum atomic E-state index is 12.3. The van der Waals surface area contributed by atoms with Crippen molar-refractivity contribution in [1.82, 2.24) is 5.32 Å². The van der Waals surface area contributed by atoms with Gasteiger partial charge in [-0.2, -0.15) is 0 Å². The smallest absolute Gasteiger partial charge is 0.256 e. The maximum Gasteiger partial charge on any atom is 0.256 e. The summed E-state index contributed by atoms with van der Waals surface area (Å²) >= 11 is 0. The van der Waals surface area contributed by atoms with Crippen molar-refractivity contribution in [1.29, 1.82) is 0 Å². The SMILES string of the molecule is C=C(NC(=O)c1ccc(C(C)(C)C)cc1)Nc1ccc(C)cc1C. The summed E-state index contributed by atoms with van der Waals surface area (Å²) in [5, 5.41) is 5.95. The van der Waals surface area contributed by atoms with Crippen molar-refractivity contribution in [3.8, 4) is 0 Å². The van der Waals surface area contributed by atoms with E-state index in [4.69, 9.17) is 0 Å². The molecule has 0 saturated heterocycles. The van der Waals surface area contributed by atoms with Crippen LogP contribution in [-0.2, 0) is 5.41 Å². The molecule has 2 aromatic carbocycles. The number of nitrogens with one attached hydrogen (secondary N) is 2. The molecule has 2 aromatic rings. The van der Waals surface area contributed by atoms with E-state index in [1.54, 1.807) is 0 Å². The van der Waals surface area contributed by atoms with Crippen LogP contribution in [0.5, 0.6) is 0 Å². The first-order valence-electron chi connectivity index (χ1n) is 8.12. The van der Waals surface area contributed by atoms with Crippen molar-refractivity contribution in [3.05, 3.63) is 77.1 Å². The molecule has 2 rings (SSSR count). The summed E-state index contributed by atoms with van der Waals surface area (Å²) in [6.07, 6.45) is 0. The third-order valence-corrected chi connectivity index (χ3v) is 3.94. The Hall–Kier alpha value is -2.55. The van der Waals surface area contributed by atoms with Gasteiger partial charge in [0.1, 0.15) is 5.82 Å². The van der Waals surface area contributed by atoms with E-state index in [-0.39, 0.29) is 11.3 Å². The number of amides is 1. The second-order valence-electron chi connectivity index (χ2n) is 7.20. The van der Waals surface area contributed by atoms with Crippen LogP contribution in [0.25, 0.3) is 0 Å². The lowest BCUT2D eigenvalue weighted by molar-refractivity contribution is 0.0966. The summed E-state index contributed by atoms with van der Waals surface area (Å²) in [7, 11) is 0. The minimum atomic E-state index is -0.169. The zero-order valence-electron chi connectivity index (χ0n) is 15.2.